The van der Waals surface area contributed by atoms with Crippen molar-refractivity contribution in [1.82, 2.24) is 25.5 Å². The number of nitrogens with zero attached hydrogens (tertiary/aromatic N) is 4. The van der Waals surface area contributed by atoms with E-state index in [1.807, 2.05) is 44.2 Å². The molecule has 0 fully saturated rings. The van der Waals surface area contributed by atoms with Gasteiger partial charge in [-0.1, -0.05) is 30.3 Å². The van der Waals surface area contributed by atoms with Crippen molar-refractivity contribution in [3.63, 3.8) is 0 Å². The van der Waals surface area contributed by atoms with Gasteiger partial charge in [0.25, 0.3) is 0 Å². The van der Waals surface area contributed by atoms with Gasteiger partial charge in [-0.25, -0.2) is 4.68 Å². The van der Waals surface area contributed by atoms with Crippen LogP contribution in [-0.2, 0) is 11.2 Å². The number of benzene rings is 1. The molecule has 1 aromatic carbocycles. The van der Waals surface area contributed by atoms with Gasteiger partial charge in [-0.3, -0.25) is 4.79 Å². The molecule has 0 aliphatic carbocycles. The molecule has 0 radical (unpaired) electrons. The molecule has 1 atom stereocenters. The standard InChI is InChI=1S/C15H22N6O.ClH/c1-11-18-19-20-21(11)13(9-12-7-5-4-6-8-12)14(22)17-10-15(2,3)16;/h4-8,13H,9-10,16H2,1-3H3,(H,17,22);1H. The molecular weight excluding hydrogens is 316 g/mol. The number of halogens is 1. The molecule has 8 heteroatoms. The maximum Gasteiger partial charge on any atom is 0.245 e. The SMILES string of the molecule is Cc1nnnn1C(Cc1ccccc1)C(=O)NCC(C)(C)N.Cl. The van der Waals surface area contributed by atoms with Crippen LogP contribution in [0.1, 0.15) is 31.3 Å². The monoisotopic (exact) mass is 338 g/mol. The summed E-state index contributed by atoms with van der Waals surface area (Å²) in [4.78, 5) is 12.6. The van der Waals surface area contributed by atoms with E-state index in [0.717, 1.165) is 5.56 Å². The molecule has 0 bridgehead atoms. The highest BCUT2D eigenvalue weighted by Gasteiger charge is 2.25. The minimum atomic E-state index is -0.500. The van der Waals surface area contributed by atoms with Crippen molar-refractivity contribution in [3.05, 3.63) is 41.7 Å². The molecule has 2 rings (SSSR count). The van der Waals surface area contributed by atoms with E-state index in [4.69, 9.17) is 5.73 Å². The second-order valence-corrected chi connectivity index (χ2v) is 6.08. The van der Waals surface area contributed by atoms with Gasteiger partial charge in [0.2, 0.25) is 5.91 Å². The average molecular weight is 339 g/mol. The third kappa shape index (κ3) is 5.61. The lowest BCUT2D eigenvalue weighted by atomic mass is 10.0. The van der Waals surface area contributed by atoms with Gasteiger partial charge in [0.05, 0.1) is 0 Å². The van der Waals surface area contributed by atoms with Gasteiger partial charge in [-0.05, 0) is 36.8 Å². The van der Waals surface area contributed by atoms with E-state index in [1.54, 1.807) is 11.6 Å². The maximum absolute atomic E-state index is 12.6. The molecule has 0 saturated carbocycles. The summed E-state index contributed by atoms with van der Waals surface area (Å²) in [6, 6.07) is 9.29. The summed E-state index contributed by atoms with van der Waals surface area (Å²) in [5.74, 6) is 0.459. The summed E-state index contributed by atoms with van der Waals surface area (Å²) in [5.41, 5.74) is 6.50. The number of rotatable bonds is 6. The Balaban J connectivity index is 0.00000264. The van der Waals surface area contributed by atoms with Gasteiger partial charge in [0.15, 0.2) is 0 Å². The van der Waals surface area contributed by atoms with E-state index in [-0.39, 0.29) is 18.3 Å². The Kier molecular flexibility index (Phi) is 6.65. The van der Waals surface area contributed by atoms with Crippen molar-refractivity contribution in [3.8, 4) is 0 Å². The van der Waals surface area contributed by atoms with E-state index in [1.165, 1.54) is 0 Å². The molecule has 1 heterocycles. The normalized spacial score (nSPS) is 12.3. The van der Waals surface area contributed by atoms with E-state index in [9.17, 15) is 4.79 Å². The van der Waals surface area contributed by atoms with Crippen molar-refractivity contribution in [2.45, 2.75) is 38.8 Å². The van der Waals surface area contributed by atoms with Crippen LogP contribution in [-0.4, -0.2) is 38.2 Å². The molecule has 1 unspecified atom stereocenters. The molecule has 1 aromatic heterocycles. The number of hydrogen-bond acceptors (Lipinski definition) is 5. The zero-order valence-electron chi connectivity index (χ0n) is 13.6. The van der Waals surface area contributed by atoms with Crippen LogP contribution < -0.4 is 11.1 Å². The van der Waals surface area contributed by atoms with E-state index < -0.39 is 11.6 Å². The van der Waals surface area contributed by atoms with Crippen molar-refractivity contribution in [2.24, 2.45) is 5.73 Å². The largest absolute Gasteiger partial charge is 0.352 e. The maximum atomic E-state index is 12.6. The first-order valence-corrected chi connectivity index (χ1v) is 7.22. The van der Waals surface area contributed by atoms with Gasteiger partial charge in [-0.2, -0.15) is 0 Å². The predicted octanol–water partition coefficient (Wildman–Crippen LogP) is 1.04. The third-order valence-corrected chi connectivity index (χ3v) is 3.25. The zero-order chi connectivity index (χ0) is 16.2. The number of aromatic nitrogens is 4. The second-order valence-electron chi connectivity index (χ2n) is 6.08. The molecule has 3 N–H and O–H groups in total. The fourth-order valence-electron chi connectivity index (χ4n) is 2.09. The number of nitrogens with two attached hydrogens (primary N) is 1. The summed E-state index contributed by atoms with van der Waals surface area (Å²) >= 11 is 0. The van der Waals surface area contributed by atoms with Crippen LogP contribution >= 0.6 is 12.4 Å². The molecule has 7 nitrogen and oxygen atoms in total. The Bertz CT molecular complexity index is 622. The number of amides is 1. The molecular formula is C15H23ClN6O. The summed E-state index contributed by atoms with van der Waals surface area (Å²) in [6.45, 7) is 5.89. The van der Waals surface area contributed by atoms with Crippen molar-refractivity contribution < 1.29 is 4.79 Å². The number of aryl methyl sites for hydroxylation is 1. The predicted molar refractivity (Wildman–Crippen MR) is 90.3 cm³/mol. The molecule has 2 aromatic rings. The average Bonchev–Trinajstić information content (AvgIpc) is 2.88. The number of carbonyl (C=O) groups excluding carboxylic acids is 1. The minimum Gasteiger partial charge on any atom is -0.352 e. The van der Waals surface area contributed by atoms with Crippen LogP contribution in [0.5, 0.6) is 0 Å². The third-order valence-electron chi connectivity index (χ3n) is 3.25. The number of carbonyl (C=O) groups is 1. The van der Waals surface area contributed by atoms with Crippen LogP contribution in [0.25, 0.3) is 0 Å². The Morgan fingerprint density at radius 3 is 2.52 bits per heavy atom. The lowest BCUT2D eigenvalue weighted by Gasteiger charge is -2.22. The molecule has 0 spiro atoms. The first-order chi connectivity index (χ1) is 10.4. The van der Waals surface area contributed by atoms with Gasteiger partial charge >= 0.3 is 0 Å². The van der Waals surface area contributed by atoms with Crippen molar-refractivity contribution in [1.29, 1.82) is 0 Å². The Morgan fingerprint density at radius 2 is 2.00 bits per heavy atom. The highest BCUT2D eigenvalue weighted by molar-refractivity contribution is 5.85. The van der Waals surface area contributed by atoms with Crippen LogP contribution in [0.15, 0.2) is 30.3 Å². The van der Waals surface area contributed by atoms with Crippen LogP contribution in [0.2, 0.25) is 0 Å². The number of hydrogen-bond donors (Lipinski definition) is 2. The van der Waals surface area contributed by atoms with Gasteiger partial charge in [0, 0.05) is 18.5 Å². The molecule has 0 aliphatic heterocycles. The fraction of sp³-hybridized carbons (Fsp3) is 0.467. The second kappa shape index (κ2) is 8.03. The quantitative estimate of drug-likeness (QED) is 0.820. The summed E-state index contributed by atoms with van der Waals surface area (Å²) in [5, 5.41) is 14.3. The molecule has 23 heavy (non-hydrogen) atoms. The first-order valence-electron chi connectivity index (χ1n) is 7.22. The topological polar surface area (TPSA) is 98.7 Å². The van der Waals surface area contributed by atoms with Gasteiger partial charge < -0.3 is 11.1 Å². The highest BCUT2D eigenvalue weighted by Crippen LogP contribution is 2.15. The van der Waals surface area contributed by atoms with Crippen LogP contribution in [0, 0.1) is 6.92 Å². The van der Waals surface area contributed by atoms with Gasteiger partial charge in [0.1, 0.15) is 11.9 Å². The molecule has 126 valence electrons. The van der Waals surface area contributed by atoms with Crippen molar-refractivity contribution >= 4 is 18.3 Å². The van der Waals surface area contributed by atoms with E-state index >= 15 is 0 Å². The van der Waals surface area contributed by atoms with Gasteiger partial charge in [-0.15, -0.1) is 17.5 Å². The molecule has 0 saturated heterocycles. The zero-order valence-corrected chi connectivity index (χ0v) is 14.4. The summed E-state index contributed by atoms with van der Waals surface area (Å²) in [7, 11) is 0. The van der Waals surface area contributed by atoms with Crippen LogP contribution in [0.3, 0.4) is 0 Å². The Morgan fingerprint density at radius 1 is 1.35 bits per heavy atom. The minimum absolute atomic E-state index is 0. The summed E-state index contributed by atoms with van der Waals surface area (Å²) < 4.78 is 1.55. The Hall–Kier alpha value is -1.99. The Labute approximate surface area is 142 Å². The lowest BCUT2D eigenvalue weighted by Crippen LogP contribution is -2.47. The fourth-order valence-corrected chi connectivity index (χ4v) is 2.09. The van der Waals surface area contributed by atoms with Crippen LogP contribution in [0.4, 0.5) is 0 Å². The van der Waals surface area contributed by atoms with E-state index in [0.29, 0.717) is 18.8 Å². The first kappa shape index (κ1) is 19.1. The molecule has 1 amide bonds. The molecule has 0 aliphatic rings. The highest BCUT2D eigenvalue weighted by atomic mass is 35.5. The lowest BCUT2D eigenvalue weighted by molar-refractivity contribution is -0.124. The van der Waals surface area contributed by atoms with Crippen molar-refractivity contribution in [2.75, 3.05) is 6.54 Å². The summed E-state index contributed by atoms with van der Waals surface area (Å²) in [6.07, 6.45) is 0.517. The van der Waals surface area contributed by atoms with E-state index in [2.05, 4.69) is 20.8 Å². The smallest absolute Gasteiger partial charge is 0.245 e. The number of tetrazole rings is 1. The number of nitrogens with one attached hydrogen (secondary N) is 1.